The van der Waals surface area contributed by atoms with E-state index < -0.39 is 24.9 Å². The number of carboxylic acids is 1. The molecule has 134 valence electrons. The zero-order valence-corrected chi connectivity index (χ0v) is 15.0. The number of rotatable bonds is 7. The molecule has 11 heteroatoms. The molecule has 2 rings (SSSR count). The van der Waals surface area contributed by atoms with Gasteiger partial charge in [-0.2, -0.15) is 11.8 Å². The Hall–Kier alpha value is -1.85. The molecule has 0 spiro atoms. The predicted octanol–water partition coefficient (Wildman–Crippen LogP) is -0.235. The summed E-state index contributed by atoms with van der Waals surface area (Å²) in [6.45, 7) is 0. The Morgan fingerprint density at radius 3 is 2.72 bits per heavy atom. The summed E-state index contributed by atoms with van der Waals surface area (Å²) in [5.74, 6) is -2.50. The number of hydrogen-bond acceptors (Lipinski definition) is 7. The van der Waals surface area contributed by atoms with Crippen molar-refractivity contribution in [1.82, 2.24) is 5.32 Å². The van der Waals surface area contributed by atoms with Crippen molar-refractivity contribution in [3.8, 4) is 5.75 Å². The number of primary amides is 1. The van der Waals surface area contributed by atoms with Crippen molar-refractivity contribution in [2.75, 3.05) is 17.8 Å². The molecule has 1 aliphatic heterocycles. The van der Waals surface area contributed by atoms with Gasteiger partial charge in [0.15, 0.2) is 0 Å². The SMILES string of the molecule is CSCC(=O)NC1Cc2ccc(SCC(N)=O)c(C(=O)O)c2OB1O. The number of carboxylic acid groups (broad SMARTS) is 1. The summed E-state index contributed by atoms with van der Waals surface area (Å²) in [6, 6.07) is 3.22. The van der Waals surface area contributed by atoms with Crippen LogP contribution in [0.1, 0.15) is 15.9 Å². The van der Waals surface area contributed by atoms with Gasteiger partial charge < -0.3 is 25.8 Å². The van der Waals surface area contributed by atoms with Gasteiger partial charge in [0.2, 0.25) is 11.8 Å². The molecule has 1 heterocycles. The Labute approximate surface area is 153 Å². The first kappa shape index (κ1) is 19.5. The molecule has 0 bridgehead atoms. The number of thioether (sulfide) groups is 2. The molecule has 0 aliphatic carbocycles. The highest BCUT2D eigenvalue weighted by Crippen LogP contribution is 2.36. The van der Waals surface area contributed by atoms with Crippen LogP contribution in [0.4, 0.5) is 0 Å². The second-order valence-corrected chi connectivity index (χ2v) is 7.19. The van der Waals surface area contributed by atoms with Crippen molar-refractivity contribution >= 4 is 48.4 Å². The number of benzene rings is 1. The van der Waals surface area contributed by atoms with E-state index in [0.717, 1.165) is 11.8 Å². The smallest absolute Gasteiger partial charge is 0.534 e. The minimum Gasteiger partial charge on any atom is -0.534 e. The van der Waals surface area contributed by atoms with Crippen molar-refractivity contribution in [3.63, 3.8) is 0 Å². The van der Waals surface area contributed by atoms with Gasteiger partial charge in [0.05, 0.1) is 17.4 Å². The summed E-state index contributed by atoms with van der Waals surface area (Å²) in [7, 11) is -1.37. The molecule has 8 nitrogen and oxygen atoms in total. The topological polar surface area (TPSA) is 139 Å². The second-order valence-electron chi connectivity index (χ2n) is 5.31. The second kappa shape index (κ2) is 8.50. The van der Waals surface area contributed by atoms with Crippen molar-refractivity contribution < 1.29 is 29.2 Å². The molecule has 1 aliphatic rings. The minimum absolute atomic E-state index is 0.0461. The molecule has 25 heavy (non-hydrogen) atoms. The summed E-state index contributed by atoms with van der Waals surface area (Å²) >= 11 is 2.33. The van der Waals surface area contributed by atoms with Crippen LogP contribution in [0, 0.1) is 0 Å². The lowest BCUT2D eigenvalue weighted by molar-refractivity contribution is -0.119. The third-order valence-electron chi connectivity index (χ3n) is 3.43. The lowest BCUT2D eigenvalue weighted by Crippen LogP contribution is -2.53. The monoisotopic (exact) mass is 384 g/mol. The third-order valence-corrected chi connectivity index (χ3v) is 5.06. The van der Waals surface area contributed by atoms with Gasteiger partial charge in [0.25, 0.3) is 0 Å². The van der Waals surface area contributed by atoms with Crippen molar-refractivity contribution in [2.24, 2.45) is 5.73 Å². The maximum absolute atomic E-state index is 11.7. The number of hydrogen-bond donors (Lipinski definition) is 4. The highest BCUT2D eigenvalue weighted by molar-refractivity contribution is 8.00. The normalized spacial score (nSPS) is 15.9. The van der Waals surface area contributed by atoms with Gasteiger partial charge in [-0.3, -0.25) is 9.59 Å². The Kier molecular flexibility index (Phi) is 6.62. The zero-order chi connectivity index (χ0) is 18.6. The molecular weight excluding hydrogens is 367 g/mol. The van der Waals surface area contributed by atoms with Crippen LogP contribution in [-0.2, 0) is 16.0 Å². The Balaban J connectivity index is 2.28. The van der Waals surface area contributed by atoms with E-state index >= 15 is 0 Å². The Morgan fingerprint density at radius 1 is 1.40 bits per heavy atom. The Morgan fingerprint density at radius 2 is 2.12 bits per heavy atom. The first-order valence-corrected chi connectivity index (χ1v) is 9.64. The molecule has 0 aromatic heterocycles. The van der Waals surface area contributed by atoms with Gasteiger partial charge >= 0.3 is 13.1 Å². The lowest BCUT2D eigenvalue weighted by Gasteiger charge is -2.29. The van der Waals surface area contributed by atoms with Gasteiger partial charge in [0.1, 0.15) is 11.3 Å². The predicted molar refractivity (Wildman–Crippen MR) is 95.9 cm³/mol. The quantitative estimate of drug-likeness (QED) is 0.373. The average Bonchev–Trinajstić information content (AvgIpc) is 2.53. The fourth-order valence-corrected chi connectivity index (χ4v) is 3.55. The molecule has 1 aromatic rings. The summed E-state index contributed by atoms with van der Waals surface area (Å²) < 4.78 is 5.39. The molecule has 5 N–H and O–H groups in total. The highest BCUT2D eigenvalue weighted by atomic mass is 32.2. The van der Waals surface area contributed by atoms with E-state index in [0.29, 0.717) is 10.5 Å². The molecule has 0 saturated heterocycles. The molecule has 1 aromatic carbocycles. The largest absolute Gasteiger partial charge is 0.547 e. The first-order chi connectivity index (χ1) is 11.8. The zero-order valence-electron chi connectivity index (χ0n) is 13.4. The molecule has 0 saturated carbocycles. The van der Waals surface area contributed by atoms with Crippen LogP contribution in [0.15, 0.2) is 17.0 Å². The number of carbonyl (C=O) groups excluding carboxylic acids is 2. The maximum atomic E-state index is 11.7. The standard InChI is InChI=1S/C14H17BN2O6S2/c1-24-6-11(19)17-9-4-7-2-3-8(25-5-10(16)18)12(14(20)21)13(7)23-15(9)22/h2-3,9,22H,4-6H2,1H3,(H2,16,18)(H,17,19)(H,20,21). The van der Waals surface area contributed by atoms with Gasteiger partial charge in [-0.05, 0) is 24.3 Å². The third kappa shape index (κ3) is 4.83. The summed E-state index contributed by atoms with van der Waals surface area (Å²) in [4.78, 5) is 34.6. The number of nitrogens with two attached hydrogens (primary N) is 1. The molecule has 0 radical (unpaired) electrons. The van der Waals surface area contributed by atoms with E-state index in [2.05, 4.69) is 5.32 Å². The molecule has 1 unspecified atom stereocenters. The molecule has 1 atom stereocenters. The van der Waals surface area contributed by atoms with Crippen molar-refractivity contribution in [2.45, 2.75) is 17.3 Å². The van der Waals surface area contributed by atoms with Crippen LogP contribution in [-0.4, -0.2) is 58.7 Å². The molecule has 0 fully saturated rings. The fraction of sp³-hybridized carbons (Fsp3) is 0.357. The van der Waals surface area contributed by atoms with E-state index in [-0.39, 0.29) is 35.1 Å². The van der Waals surface area contributed by atoms with Crippen molar-refractivity contribution in [1.29, 1.82) is 0 Å². The van der Waals surface area contributed by atoms with E-state index in [1.165, 1.54) is 11.8 Å². The van der Waals surface area contributed by atoms with Gasteiger partial charge in [0, 0.05) is 4.90 Å². The number of fused-ring (bicyclic) bond motifs is 1. The number of amides is 2. The summed E-state index contributed by atoms with van der Waals surface area (Å²) in [5, 5.41) is 22.3. The van der Waals surface area contributed by atoms with Crippen LogP contribution in [0.25, 0.3) is 0 Å². The number of carbonyl (C=O) groups is 3. The van der Waals surface area contributed by atoms with E-state index in [1.807, 2.05) is 0 Å². The van der Waals surface area contributed by atoms with E-state index in [4.69, 9.17) is 10.4 Å². The van der Waals surface area contributed by atoms with Crippen LogP contribution >= 0.6 is 23.5 Å². The van der Waals surface area contributed by atoms with Gasteiger partial charge in [-0.25, -0.2) is 4.79 Å². The van der Waals surface area contributed by atoms with Crippen molar-refractivity contribution in [3.05, 3.63) is 23.3 Å². The highest BCUT2D eigenvalue weighted by Gasteiger charge is 2.38. The van der Waals surface area contributed by atoms with Crippen LogP contribution in [0.5, 0.6) is 5.75 Å². The number of nitrogens with one attached hydrogen (secondary N) is 1. The van der Waals surface area contributed by atoms with Gasteiger partial charge in [-0.15, -0.1) is 11.8 Å². The summed E-state index contributed by atoms with van der Waals surface area (Å²) in [5.41, 5.74) is 5.52. The Bertz CT molecular complexity index is 702. The van der Waals surface area contributed by atoms with Gasteiger partial charge in [-0.1, -0.05) is 6.07 Å². The summed E-state index contributed by atoms with van der Waals surface area (Å²) in [6.07, 6.45) is 2.02. The van der Waals surface area contributed by atoms with Crippen LogP contribution in [0.3, 0.4) is 0 Å². The maximum Gasteiger partial charge on any atom is 0.547 e. The molecular formula is C14H17BN2O6S2. The minimum atomic E-state index is -1.37. The number of aromatic carboxylic acids is 1. The molecule has 2 amide bonds. The lowest BCUT2D eigenvalue weighted by atomic mass is 9.72. The van der Waals surface area contributed by atoms with E-state index in [1.54, 1.807) is 18.4 Å². The first-order valence-electron chi connectivity index (χ1n) is 7.26. The van der Waals surface area contributed by atoms with E-state index in [9.17, 15) is 24.5 Å². The van der Waals surface area contributed by atoms with Crippen LogP contribution in [0.2, 0.25) is 0 Å². The van der Waals surface area contributed by atoms with Crippen LogP contribution < -0.4 is 15.7 Å². The average molecular weight is 384 g/mol. The fourth-order valence-electron chi connectivity index (χ4n) is 2.42.